The molecule has 1 aliphatic rings. The lowest BCUT2D eigenvalue weighted by Crippen LogP contribution is -2.30. The first-order valence-corrected chi connectivity index (χ1v) is 7.14. The smallest absolute Gasteiger partial charge is 0.379 e. The molecule has 0 bridgehead atoms. The van der Waals surface area contributed by atoms with Gasteiger partial charge in [-0.15, -0.1) is 11.3 Å². The first kappa shape index (κ1) is 15.6. The van der Waals surface area contributed by atoms with E-state index in [0.29, 0.717) is 5.57 Å². The van der Waals surface area contributed by atoms with E-state index in [1.54, 1.807) is 12.2 Å². The lowest BCUT2D eigenvalue weighted by molar-refractivity contribution is -0.134. The molecular weight excluding hydrogens is 303 g/mol. The maximum absolute atomic E-state index is 12.0. The molecule has 1 aliphatic heterocycles. The maximum atomic E-state index is 12.0. The van der Waals surface area contributed by atoms with Crippen LogP contribution >= 0.6 is 11.3 Å². The Morgan fingerprint density at radius 2 is 2.29 bits per heavy atom. The molecule has 2 rings (SSSR count). The first-order chi connectivity index (χ1) is 9.85. The van der Waals surface area contributed by atoms with Crippen molar-refractivity contribution in [3.05, 3.63) is 40.0 Å². The van der Waals surface area contributed by atoms with E-state index in [1.165, 1.54) is 17.5 Å². The maximum Gasteiger partial charge on any atom is 0.390 e. The molecule has 0 aliphatic carbocycles. The molecule has 8 heteroatoms. The zero-order chi connectivity index (χ0) is 15.5. The second-order valence-corrected chi connectivity index (χ2v) is 5.58. The van der Waals surface area contributed by atoms with Crippen LogP contribution in [0.15, 0.2) is 29.3 Å². The van der Waals surface area contributed by atoms with Crippen molar-refractivity contribution in [2.24, 2.45) is 0 Å². The number of hydrogen-bond donors (Lipinski definition) is 2. The van der Waals surface area contributed by atoms with Gasteiger partial charge in [0.15, 0.2) is 0 Å². The Bertz CT molecular complexity index is 577. The van der Waals surface area contributed by atoms with Crippen LogP contribution in [0.4, 0.5) is 13.2 Å². The molecule has 0 radical (unpaired) electrons. The summed E-state index contributed by atoms with van der Waals surface area (Å²) >= 11 is 1.53. The lowest BCUT2D eigenvalue weighted by Gasteiger charge is -2.17. The number of rotatable bonds is 4. The highest BCUT2D eigenvalue weighted by Crippen LogP contribution is 2.21. The van der Waals surface area contributed by atoms with E-state index >= 15 is 0 Å². The van der Waals surface area contributed by atoms with Crippen LogP contribution in [0.1, 0.15) is 23.2 Å². The van der Waals surface area contributed by atoms with Crippen molar-refractivity contribution in [1.82, 2.24) is 15.6 Å². The Labute approximate surface area is 123 Å². The minimum absolute atomic E-state index is 0.123. The molecule has 0 saturated carbocycles. The van der Waals surface area contributed by atoms with Crippen molar-refractivity contribution >= 4 is 17.2 Å². The van der Waals surface area contributed by atoms with Gasteiger partial charge < -0.3 is 10.6 Å². The van der Waals surface area contributed by atoms with E-state index in [1.807, 2.05) is 12.3 Å². The number of nitrogens with zero attached hydrogens (tertiary/aromatic N) is 1. The summed E-state index contributed by atoms with van der Waals surface area (Å²) in [6.07, 6.45) is -0.478. The number of thiazole rings is 1. The second kappa shape index (κ2) is 6.30. The highest BCUT2D eigenvalue weighted by Gasteiger charge is 2.26. The van der Waals surface area contributed by atoms with Crippen LogP contribution in [0.2, 0.25) is 0 Å². The third-order valence-corrected chi connectivity index (χ3v) is 3.59. The number of alkyl halides is 3. The average molecular weight is 317 g/mol. The highest BCUT2D eigenvalue weighted by molar-refractivity contribution is 7.09. The summed E-state index contributed by atoms with van der Waals surface area (Å²) in [5.41, 5.74) is 1.14. The van der Waals surface area contributed by atoms with Crippen LogP contribution < -0.4 is 10.6 Å². The average Bonchev–Trinajstić information content (AvgIpc) is 2.84. The molecule has 1 aromatic heterocycles. The number of carbonyl (C=O) groups is 1. The number of hydrogen-bond acceptors (Lipinski definition) is 4. The molecule has 2 N–H and O–H groups in total. The zero-order valence-electron chi connectivity index (χ0n) is 11.2. The third-order valence-electron chi connectivity index (χ3n) is 2.80. The Kier molecular flexibility index (Phi) is 4.66. The van der Waals surface area contributed by atoms with Gasteiger partial charge in [-0.05, 0) is 13.0 Å². The van der Waals surface area contributed by atoms with Gasteiger partial charge >= 0.3 is 6.18 Å². The van der Waals surface area contributed by atoms with Crippen molar-refractivity contribution in [3.8, 4) is 0 Å². The first-order valence-electron chi connectivity index (χ1n) is 6.26. The van der Waals surface area contributed by atoms with Crippen LogP contribution in [0, 0.1) is 6.92 Å². The number of dihydropyridines is 1. The Morgan fingerprint density at radius 1 is 1.52 bits per heavy atom. The Balaban J connectivity index is 1.85. The number of aryl methyl sites for hydroxylation is 1. The van der Waals surface area contributed by atoms with Crippen molar-refractivity contribution in [3.63, 3.8) is 0 Å². The number of aromatic nitrogens is 1. The van der Waals surface area contributed by atoms with Gasteiger partial charge in [-0.25, -0.2) is 4.98 Å². The van der Waals surface area contributed by atoms with Gasteiger partial charge in [0, 0.05) is 18.1 Å². The normalized spacial score (nSPS) is 18.1. The fourth-order valence-electron chi connectivity index (χ4n) is 1.75. The third kappa shape index (κ3) is 4.59. The van der Waals surface area contributed by atoms with E-state index in [2.05, 4.69) is 15.6 Å². The zero-order valence-corrected chi connectivity index (χ0v) is 12.0. The molecule has 0 aromatic carbocycles. The second-order valence-electron chi connectivity index (χ2n) is 4.52. The molecule has 1 amide bonds. The fraction of sp³-hybridized carbons (Fsp3) is 0.385. The van der Waals surface area contributed by atoms with Crippen LogP contribution in [-0.4, -0.2) is 23.6 Å². The van der Waals surface area contributed by atoms with E-state index in [-0.39, 0.29) is 6.04 Å². The molecule has 0 fully saturated rings. The van der Waals surface area contributed by atoms with Crippen LogP contribution in [0.5, 0.6) is 0 Å². The highest BCUT2D eigenvalue weighted by atomic mass is 32.1. The molecule has 4 nitrogen and oxygen atoms in total. The van der Waals surface area contributed by atoms with E-state index in [0.717, 1.165) is 10.7 Å². The molecule has 0 spiro atoms. The van der Waals surface area contributed by atoms with Crippen LogP contribution in [0.25, 0.3) is 0 Å². The molecule has 2 heterocycles. The molecule has 1 aromatic rings. The quantitative estimate of drug-likeness (QED) is 0.897. The number of nitrogens with one attached hydrogen (secondary N) is 2. The summed E-state index contributed by atoms with van der Waals surface area (Å²) in [7, 11) is 0. The largest absolute Gasteiger partial charge is 0.390 e. The van der Waals surface area contributed by atoms with Gasteiger partial charge in [0.05, 0.1) is 28.7 Å². The van der Waals surface area contributed by atoms with Crippen molar-refractivity contribution < 1.29 is 18.0 Å². The summed E-state index contributed by atoms with van der Waals surface area (Å²) in [4.78, 5) is 16.0. The van der Waals surface area contributed by atoms with E-state index in [9.17, 15) is 18.0 Å². The molecule has 1 atom stereocenters. The predicted octanol–water partition coefficient (Wildman–Crippen LogP) is 2.60. The van der Waals surface area contributed by atoms with Gasteiger partial charge in [-0.2, -0.15) is 13.2 Å². The molecule has 114 valence electrons. The fourth-order valence-corrected chi connectivity index (χ4v) is 2.40. The number of carbonyl (C=O) groups excluding carboxylic acids is 1. The molecule has 1 unspecified atom stereocenters. The van der Waals surface area contributed by atoms with Gasteiger partial charge in [-0.1, -0.05) is 6.08 Å². The van der Waals surface area contributed by atoms with E-state index < -0.39 is 25.0 Å². The van der Waals surface area contributed by atoms with Gasteiger partial charge in [-0.3, -0.25) is 4.79 Å². The number of amides is 1. The summed E-state index contributed by atoms with van der Waals surface area (Å²) in [5.74, 6) is -0.532. The topological polar surface area (TPSA) is 54.0 Å². The summed E-state index contributed by atoms with van der Waals surface area (Å²) in [6.45, 7) is 1.47. The predicted molar refractivity (Wildman–Crippen MR) is 73.6 cm³/mol. The minimum Gasteiger partial charge on any atom is -0.379 e. The Morgan fingerprint density at radius 3 is 2.81 bits per heavy atom. The Hall–Kier alpha value is -1.83. The monoisotopic (exact) mass is 317 g/mol. The molecule has 21 heavy (non-hydrogen) atoms. The SMILES string of the molecule is Cc1nc(C2C=CC(C(=O)NCCC(F)(F)F)=CN2)cs1. The summed E-state index contributed by atoms with van der Waals surface area (Å²) in [5, 5.41) is 8.09. The van der Waals surface area contributed by atoms with Crippen molar-refractivity contribution in [1.29, 1.82) is 0 Å². The van der Waals surface area contributed by atoms with Gasteiger partial charge in [0.2, 0.25) is 0 Å². The summed E-state index contributed by atoms with van der Waals surface area (Å²) < 4.78 is 36.0. The van der Waals surface area contributed by atoms with E-state index in [4.69, 9.17) is 0 Å². The summed E-state index contributed by atoms with van der Waals surface area (Å²) in [6, 6.07) is -0.123. The van der Waals surface area contributed by atoms with Crippen molar-refractivity contribution in [2.75, 3.05) is 6.54 Å². The molecular formula is C13H14F3N3OS. The van der Waals surface area contributed by atoms with Gasteiger partial charge in [0.1, 0.15) is 0 Å². The van der Waals surface area contributed by atoms with Crippen LogP contribution in [0.3, 0.4) is 0 Å². The molecule has 0 saturated heterocycles. The van der Waals surface area contributed by atoms with Crippen LogP contribution in [-0.2, 0) is 4.79 Å². The lowest BCUT2D eigenvalue weighted by atomic mass is 10.1. The number of halogens is 3. The van der Waals surface area contributed by atoms with Crippen molar-refractivity contribution in [2.45, 2.75) is 25.6 Å². The van der Waals surface area contributed by atoms with Gasteiger partial charge in [0.25, 0.3) is 5.91 Å². The minimum atomic E-state index is -4.27. The standard InChI is InChI=1S/C13H14F3N3OS/c1-8-19-11(7-21-8)10-3-2-9(6-18-10)12(20)17-5-4-13(14,15)16/h2-3,6-7,10,18H,4-5H2,1H3,(H,17,20).